The number of benzene rings is 2. The van der Waals surface area contributed by atoms with Crippen LogP contribution in [-0.2, 0) is 0 Å². The number of rotatable bonds is 5. The Hall–Kier alpha value is -2.70. The summed E-state index contributed by atoms with van der Waals surface area (Å²) in [5.41, 5.74) is 1.19. The molecule has 0 saturated carbocycles. The van der Waals surface area contributed by atoms with Gasteiger partial charge >= 0.3 is 0 Å². The van der Waals surface area contributed by atoms with E-state index in [1.165, 1.54) is 23.1 Å². The molecule has 0 bridgehead atoms. The Balaban J connectivity index is 1.81. The first-order valence-electron chi connectivity index (χ1n) is 8.22. The standard InChI is InChI=1S/C20H18ClFN2O3/c1-24(11-18(25)13-4-3-5-15(8-13)27-2)20(26)16-9-12-6-7-14(22)10-17(12)23-19(16)21/h3-10,18,25H,11H2,1-2H3. The van der Waals surface area contributed by atoms with E-state index in [4.69, 9.17) is 16.3 Å². The van der Waals surface area contributed by atoms with Gasteiger partial charge in [0.1, 0.15) is 16.7 Å². The van der Waals surface area contributed by atoms with Crippen molar-refractivity contribution in [1.82, 2.24) is 9.88 Å². The van der Waals surface area contributed by atoms with Crippen LogP contribution in [0.5, 0.6) is 5.75 Å². The summed E-state index contributed by atoms with van der Waals surface area (Å²) in [6.07, 6.45) is -0.893. The SMILES string of the molecule is COc1cccc(C(O)CN(C)C(=O)c2cc3ccc(F)cc3nc2Cl)c1. The first-order chi connectivity index (χ1) is 12.9. The lowest BCUT2D eigenvalue weighted by Crippen LogP contribution is -2.31. The Bertz CT molecular complexity index is 996. The van der Waals surface area contributed by atoms with E-state index >= 15 is 0 Å². The number of halogens is 2. The number of hydrogen-bond donors (Lipinski definition) is 1. The summed E-state index contributed by atoms with van der Waals surface area (Å²) in [5, 5.41) is 11.0. The molecule has 0 saturated heterocycles. The molecule has 1 unspecified atom stereocenters. The van der Waals surface area contributed by atoms with Gasteiger partial charge in [-0.1, -0.05) is 23.7 Å². The summed E-state index contributed by atoms with van der Waals surface area (Å²) in [7, 11) is 3.11. The molecule has 5 nitrogen and oxygen atoms in total. The molecule has 0 spiro atoms. The Kier molecular flexibility index (Phi) is 5.58. The molecule has 1 heterocycles. The quantitative estimate of drug-likeness (QED) is 0.674. The second-order valence-electron chi connectivity index (χ2n) is 6.14. The fourth-order valence-corrected chi connectivity index (χ4v) is 3.00. The number of hydrogen-bond acceptors (Lipinski definition) is 4. The maximum Gasteiger partial charge on any atom is 0.256 e. The molecule has 0 aliphatic rings. The van der Waals surface area contributed by atoms with Crippen molar-refractivity contribution < 1.29 is 19.0 Å². The zero-order valence-corrected chi connectivity index (χ0v) is 15.6. The molecule has 1 atom stereocenters. The van der Waals surface area contributed by atoms with Crippen LogP contribution in [0, 0.1) is 5.82 Å². The summed E-state index contributed by atoms with van der Waals surface area (Å²) in [6, 6.07) is 12.7. The third-order valence-corrected chi connectivity index (χ3v) is 4.52. The summed E-state index contributed by atoms with van der Waals surface area (Å²) in [5.74, 6) is -0.195. The second kappa shape index (κ2) is 7.90. The highest BCUT2D eigenvalue weighted by Crippen LogP contribution is 2.24. The number of carbonyl (C=O) groups is 1. The molecule has 3 aromatic rings. The van der Waals surface area contributed by atoms with E-state index in [2.05, 4.69) is 4.98 Å². The average Bonchev–Trinajstić information content (AvgIpc) is 2.66. The van der Waals surface area contributed by atoms with E-state index < -0.39 is 11.9 Å². The lowest BCUT2D eigenvalue weighted by molar-refractivity contribution is 0.0681. The third kappa shape index (κ3) is 4.18. The number of ether oxygens (including phenoxy) is 1. The number of aliphatic hydroxyl groups excluding tert-OH is 1. The Morgan fingerprint density at radius 3 is 2.81 bits per heavy atom. The highest BCUT2D eigenvalue weighted by Gasteiger charge is 2.20. The number of methoxy groups -OCH3 is 1. The fourth-order valence-electron chi connectivity index (χ4n) is 2.77. The molecule has 2 aromatic carbocycles. The molecule has 140 valence electrons. The summed E-state index contributed by atoms with van der Waals surface area (Å²) in [6.45, 7) is 0.0593. The first kappa shape index (κ1) is 19.1. The number of aromatic nitrogens is 1. The van der Waals surface area contributed by atoms with Crippen molar-refractivity contribution in [2.75, 3.05) is 20.7 Å². The van der Waals surface area contributed by atoms with E-state index in [-0.39, 0.29) is 23.2 Å². The topological polar surface area (TPSA) is 62.7 Å². The Morgan fingerprint density at radius 1 is 1.30 bits per heavy atom. The normalized spacial score (nSPS) is 12.0. The van der Waals surface area contributed by atoms with Crippen molar-refractivity contribution >= 4 is 28.4 Å². The zero-order chi connectivity index (χ0) is 19.6. The van der Waals surface area contributed by atoms with Gasteiger partial charge in [-0.3, -0.25) is 4.79 Å². The maximum atomic E-state index is 13.3. The minimum absolute atomic E-state index is 0.0131. The minimum atomic E-state index is -0.893. The van der Waals surface area contributed by atoms with Crippen LogP contribution in [0.15, 0.2) is 48.5 Å². The van der Waals surface area contributed by atoms with Crippen LogP contribution >= 0.6 is 11.6 Å². The molecule has 1 N–H and O–H groups in total. The number of nitrogens with zero attached hydrogens (tertiary/aromatic N) is 2. The minimum Gasteiger partial charge on any atom is -0.497 e. The highest BCUT2D eigenvalue weighted by atomic mass is 35.5. The number of carbonyl (C=O) groups excluding carboxylic acids is 1. The smallest absolute Gasteiger partial charge is 0.256 e. The summed E-state index contributed by atoms with van der Waals surface area (Å²) in [4.78, 5) is 18.2. The number of likely N-dealkylation sites (N-methyl/N-ethyl adjacent to an activating group) is 1. The van der Waals surface area contributed by atoms with Crippen LogP contribution in [0.2, 0.25) is 5.15 Å². The number of aliphatic hydroxyl groups is 1. The van der Waals surface area contributed by atoms with Crippen molar-refractivity contribution in [3.8, 4) is 5.75 Å². The van der Waals surface area contributed by atoms with Crippen molar-refractivity contribution in [3.63, 3.8) is 0 Å². The Morgan fingerprint density at radius 2 is 2.07 bits per heavy atom. The van der Waals surface area contributed by atoms with Gasteiger partial charge in [-0.15, -0.1) is 0 Å². The second-order valence-corrected chi connectivity index (χ2v) is 6.50. The molecule has 0 fully saturated rings. The zero-order valence-electron chi connectivity index (χ0n) is 14.8. The van der Waals surface area contributed by atoms with Gasteiger partial charge in [-0.05, 0) is 35.9 Å². The van der Waals surface area contributed by atoms with Gasteiger partial charge in [0.25, 0.3) is 5.91 Å². The maximum absolute atomic E-state index is 13.3. The van der Waals surface area contributed by atoms with Crippen LogP contribution in [0.3, 0.4) is 0 Å². The third-order valence-electron chi connectivity index (χ3n) is 4.24. The predicted octanol–water partition coefficient (Wildman–Crippen LogP) is 3.84. The van der Waals surface area contributed by atoms with Crippen molar-refractivity contribution in [3.05, 3.63) is 70.6 Å². The number of amides is 1. The van der Waals surface area contributed by atoms with Crippen LogP contribution in [0.1, 0.15) is 22.0 Å². The molecule has 7 heteroatoms. The van der Waals surface area contributed by atoms with Gasteiger partial charge in [0.2, 0.25) is 0 Å². The molecule has 0 aliphatic carbocycles. The van der Waals surface area contributed by atoms with E-state index in [0.717, 1.165) is 0 Å². The summed E-state index contributed by atoms with van der Waals surface area (Å²) < 4.78 is 18.5. The number of fused-ring (bicyclic) bond motifs is 1. The van der Waals surface area contributed by atoms with Gasteiger partial charge < -0.3 is 14.7 Å². The van der Waals surface area contributed by atoms with E-state index in [1.807, 2.05) is 0 Å². The molecule has 0 radical (unpaired) electrons. The molecule has 0 aliphatic heterocycles. The first-order valence-corrected chi connectivity index (χ1v) is 8.60. The average molecular weight is 389 g/mol. The van der Waals surface area contributed by atoms with Gasteiger partial charge in [-0.2, -0.15) is 0 Å². The van der Waals surface area contributed by atoms with Crippen LogP contribution in [0.25, 0.3) is 10.9 Å². The van der Waals surface area contributed by atoms with Gasteiger partial charge in [0, 0.05) is 18.5 Å². The Labute approximate surface area is 161 Å². The van der Waals surface area contributed by atoms with Gasteiger partial charge in [-0.25, -0.2) is 9.37 Å². The molecular weight excluding hydrogens is 371 g/mol. The van der Waals surface area contributed by atoms with Crippen LogP contribution in [-0.4, -0.2) is 41.6 Å². The highest BCUT2D eigenvalue weighted by molar-refractivity contribution is 6.33. The molecule has 3 rings (SSSR count). The molecule has 1 amide bonds. The van der Waals surface area contributed by atoms with Crippen molar-refractivity contribution in [2.45, 2.75) is 6.10 Å². The van der Waals surface area contributed by atoms with Crippen molar-refractivity contribution in [2.24, 2.45) is 0 Å². The molecule has 27 heavy (non-hydrogen) atoms. The van der Waals surface area contributed by atoms with E-state index in [0.29, 0.717) is 22.2 Å². The molecular formula is C20H18ClFN2O3. The fraction of sp³-hybridized carbons (Fsp3) is 0.200. The number of pyridine rings is 1. The lowest BCUT2D eigenvalue weighted by atomic mass is 10.1. The predicted molar refractivity (Wildman–Crippen MR) is 102 cm³/mol. The van der Waals surface area contributed by atoms with Crippen molar-refractivity contribution in [1.29, 1.82) is 0 Å². The molecule has 1 aromatic heterocycles. The largest absolute Gasteiger partial charge is 0.497 e. The summed E-state index contributed by atoms with van der Waals surface area (Å²) >= 11 is 6.13. The van der Waals surface area contributed by atoms with E-state index in [9.17, 15) is 14.3 Å². The van der Waals surface area contributed by atoms with Crippen LogP contribution in [0.4, 0.5) is 4.39 Å². The monoisotopic (exact) mass is 388 g/mol. The van der Waals surface area contributed by atoms with Gasteiger partial charge in [0.05, 0.1) is 30.8 Å². The lowest BCUT2D eigenvalue weighted by Gasteiger charge is -2.22. The van der Waals surface area contributed by atoms with E-state index in [1.54, 1.807) is 44.5 Å². The van der Waals surface area contributed by atoms with Gasteiger partial charge in [0.15, 0.2) is 0 Å². The van der Waals surface area contributed by atoms with Crippen LogP contribution < -0.4 is 4.74 Å².